The van der Waals surface area contributed by atoms with E-state index in [0.29, 0.717) is 0 Å². The second kappa shape index (κ2) is 13.9. The molecule has 1 aliphatic heterocycles. The van der Waals surface area contributed by atoms with Gasteiger partial charge in [0.2, 0.25) is 0 Å². The van der Waals surface area contributed by atoms with Crippen LogP contribution in [0.3, 0.4) is 0 Å². The highest BCUT2D eigenvalue weighted by Crippen LogP contribution is 2.40. The van der Waals surface area contributed by atoms with Gasteiger partial charge < -0.3 is 14.8 Å². The molecule has 1 saturated heterocycles. The quantitative estimate of drug-likeness (QED) is 0.152. The average molecular weight is 570 g/mol. The van der Waals surface area contributed by atoms with Crippen molar-refractivity contribution in [2.24, 2.45) is 0 Å². The number of likely N-dealkylation sites (tertiary alicyclic amines) is 1. The lowest BCUT2D eigenvalue weighted by Gasteiger charge is -2.21. The molecule has 6 rings (SSSR count). The van der Waals surface area contributed by atoms with E-state index in [0.717, 1.165) is 66.6 Å². The fourth-order valence-corrected chi connectivity index (χ4v) is 6.76. The number of carbonyl (C=O) groups is 1. The number of amides is 1. The molecule has 4 aromatic carbocycles. The first-order valence-corrected chi connectivity index (χ1v) is 16.1. The lowest BCUT2D eigenvalue weighted by molar-refractivity contribution is 0.101. The third-order valence-electron chi connectivity index (χ3n) is 8.83. The summed E-state index contributed by atoms with van der Waals surface area (Å²) in [5.74, 6) is -0.128. The monoisotopic (exact) mass is 569 g/mol. The number of unbranched alkanes of at least 4 members (excludes halogenated alkanes) is 1. The van der Waals surface area contributed by atoms with Gasteiger partial charge in [-0.2, -0.15) is 0 Å². The van der Waals surface area contributed by atoms with Gasteiger partial charge in [0, 0.05) is 34.6 Å². The highest BCUT2D eigenvalue weighted by atomic mass is 16.2. The van der Waals surface area contributed by atoms with Crippen LogP contribution in [0, 0.1) is 0 Å². The molecule has 1 aromatic heterocycles. The fraction of sp³-hybridized carbons (Fsp3) is 0.308. The molecule has 220 valence electrons. The van der Waals surface area contributed by atoms with Gasteiger partial charge in [-0.3, -0.25) is 4.79 Å². The molecule has 1 N–H and O–H groups in total. The van der Waals surface area contributed by atoms with Gasteiger partial charge in [-0.25, -0.2) is 0 Å². The summed E-state index contributed by atoms with van der Waals surface area (Å²) in [6, 6.07) is 38.2. The van der Waals surface area contributed by atoms with Crippen molar-refractivity contribution in [2.75, 3.05) is 25.0 Å². The van der Waals surface area contributed by atoms with Crippen LogP contribution in [-0.4, -0.2) is 35.0 Å². The normalized spacial score (nSPS) is 13.6. The van der Waals surface area contributed by atoms with Crippen molar-refractivity contribution in [1.82, 2.24) is 9.47 Å². The molecule has 0 aliphatic carbocycles. The van der Waals surface area contributed by atoms with Crippen LogP contribution in [0.15, 0.2) is 109 Å². The number of aryl methyl sites for hydroxylation is 2. The molecule has 0 saturated carbocycles. The van der Waals surface area contributed by atoms with Crippen molar-refractivity contribution in [3.05, 3.63) is 137 Å². The van der Waals surface area contributed by atoms with Crippen LogP contribution >= 0.6 is 0 Å². The highest BCUT2D eigenvalue weighted by Gasteiger charge is 2.30. The maximum Gasteiger partial charge on any atom is 0.272 e. The Labute approximate surface area is 256 Å². The third-order valence-corrected chi connectivity index (χ3v) is 8.83. The van der Waals surface area contributed by atoms with E-state index in [2.05, 4.69) is 119 Å². The Morgan fingerprint density at radius 2 is 1.35 bits per heavy atom. The van der Waals surface area contributed by atoms with Gasteiger partial charge in [-0.05, 0) is 86.6 Å². The number of rotatable bonds is 12. The van der Waals surface area contributed by atoms with Crippen molar-refractivity contribution in [1.29, 1.82) is 0 Å². The van der Waals surface area contributed by atoms with E-state index < -0.39 is 0 Å². The number of para-hydroxylation sites is 1. The number of benzene rings is 4. The largest absolute Gasteiger partial charge is 0.336 e. The van der Waals surface area contributed by atoms with E-state index in [1.807, 2.05) is 12.1 Å². The van der Waals surface area contributed by atoms with Gasteiger partial charge in [0.1, 0.15) is 5.69 Å². The molecule has 0 spiro atoms. The molecule has 0 atom stereocenters. The molecule has 0 unspecified atom stereocenters. The number of nitrogens with zero attached hydrogens (tertiary/aromatic N) is 2. The molecule has 5 aromatic rings. The number of carbonyl (C=O) groups excluding carboxylic acids is 1. The second-order valence-corrected chi connectivity index (χ2v) is 11.8. The first kappa shape index (κ1) is 28.9. The fourth-order valence-electron chi connectivity index (χ4n) is 6.76. The molecule has 1 aliphatic rings. The standard InChI is InChI=1S/C39H43N3O/c1-2-15-30-22-24-33(25-23-30)40-39(43)38-37(36(31-16-5-3-6-17-31)32-18-7-4-8-19-32)34-20-9-10-21-35(34)42(38)29-14-13-28-41-26-11-12-27-41/h3-10,16-25,36H,2,11-15,26-29H2,1H3,(H,40,43). The molecule has 43 heavy (non-hydrogen) atoms. The van der Waals surface area contributed by atoms with Gasteiger partial charge in [-0.1, -0.05) is 104 Å². The highest BCUT2D eigenvalue weighted by molar-refractivity contribution is 6.09. The summed E-state index contributed by atoms with van der Waals surface area (Å²) in [6.07, 6.45) is 6.93. The van der Waals surface area contributed by atoms with E-state index in [-0.39, 0.29) is 11.8 Å². The summed E-state index contributed by atoms with van der Waals surface area (Å²) in [7, 11) is 0. The van der Waals surface area contributed by atoms with Crippen LogP contribution in [0.1, 0.15) is 77.7 Å². The van der Waals surface area contributed by atoms with Crippen molar-refractivity contribution < 1.29 is 4.79 Å². The molecule has 4 nitrogen and oxygen atoms in total. The summed E-state index contributed by atoms with van der Waals surface area (Å²) in [4.78, 5) is 17.1. The number of hydrogen-bond acceptors (Lipinski definition) is 2. The molecule has 0 radical (unpaired) electrons. The Hall–Kier alpha value is -4.15. The van der Waals surface area contributed by atoms with E-state index >= 15 is 0 Å². The van der Waals surface area contributed by atoms with Crippen molar-refractivity contribution >= 4 is 22.5 Å². The van der Waals surface area contributed by atoms with Gasteiger partial charge in [-0.15, -0.1) is 0 Å². The number of hydrogen-bond donors (Lipinski definition) is 1. The number of fused-ring (bicyclic) bond motifs is 1. The minimum Gasteiger partial charge on any atom is -0.336 e. The summed E-state index contributed by atoms with van der Waals surface area (Å²) < 4.78 is 2.30. The van der Waals surface area contributed by atoms with E-state index in [4.69, 9.17) is 0 Å². The summed E-state index contributed by atoms with van der Waals surface area (Å²) in [5, 5.41) is 4.44. The van der Waals surface area contributed by atoms with Gasteiger partial charge in [0.05, 0.1) is 0 Å². The zero-order valence-corrected chi connectivity index (χ0v) is 25.3. The topological polar surface area (TPSA) is 37.3 Å². The van der Waals surface area contributed by atoms with E-state index in [9.17, 15) is 4.79 Å². The van der Waals surface area contributed by atoms with Crippen LogP contribution in [0.2, 0.25) is 0 Å². The number of aromatic nitrogens is 1. The smallest absolute Gasteiger partial charge is 0.272 e. The lowest BCUT2D eigenvalue weighted by Crippen LogP contribution is -2.22. The third kappa shape index (κ3) is 6.60. The predicted molar refractivity (Wildman–Crippen MR) is 179 cm³/mol. The Morgan fingerprint density at radius 3 is 2.00 bits per heavy atom. The SMILES string of the molecule is CCCc1ccc(NC(=O)c2c(C(c3ccccc3)c3ccccc3)c3ccccc3n2CCCCN2CCCC2)cc1. The molecule has 2 heterocycles. The molecule has 1 fully saturated rings. The molecular weight excluding hydrogens is 526 g/mol. The first-order chi connectivity index (χ1) is 21.2. The van der Waals surface area contributed by atoms with Gasteiger partial charge in [0.25, 0.3) is 5.91 Å². The average Bonchev–Trinajstić information content (AvgIpc) is 3.68. The van der Waals surface area contributed by atoms with Crippen LogP contribution in [0.4, 0.5) is 5.69 Å². The van der Waals surface area contributed by atoms with Gasteiger partial charge >= 0.3 is 0 Å². The number of nitrogens with one attached hydrogen (secondary N) is 1. The number of anilines is 1. The maximum absolute atomic E-state index is 14.5. The van der Waals surface area contributed by atoms with Crippen LogP contribution < -0.4 is 5.32 Å². The van der Waals surface area contributed by atoms with E-state index in [1.165, 1.54) is 42.6 Å². The second-order valence-electron chi connectivity index (χ2n) is 11.8. The van der Waals surface area contributed by atoms with Crippen molar-refractivity contribution in [3.8, 4) is 0 Å². The first-order valence-electron chi connectivity index (χ1n) is 16.1. The van der Waals surface area contributed by atoms with E-state index in [1.54, 1.807) is 0 Å². The molecule has 4 heteroatoms. The Kier molecular flexibility index (Phi) is 9.34. The Bertz CT molecular complexity index is 1580. The lowest BCUT2D eigenvalue weighted by atomic mass is 9.83. The van der Waals surface area contributed by atoms with Gasteiger partial charge in [0.15, 0.2) is 0 Å². The zero-order valence-electron chi connectivity index (χ0n) is 25.3. The minimum atomic E-state index is -0.0779. The van der Waals surface area contributed by atoms with Crippen LogP contribution in [0.5, 0.6) is 0 Å². The Balaban J connectivity index is 1.45. The van der Waals surface area contributed by atoms with Crippen LogP contribution in [0.25, 0.3) is 10.9 Å². The molecule has 0 bridgehead atoms. The predicted octanol–water partition coefficient (Wildman–Crippen LogP) is 8.90. The van der Waals surface area contributed by atoms with Crippen molar-refractivity contribution in [2.45, 2.75) is 57.9 Å². The summed E-state index contributed by atoms with van der Waals surface area (Å²) in [5.41, 5.74) is 7.45. The molecular formula is C39H43N3O. The summed E-state index contributed by atoms with van der Waals surface area (Å²) >= 11 is 0. The summed E-state index contributed by atoms with van der Waals surface area (Å²) in [6.45, 7) is 6.57. The van der Waals surface area contributed by atoms with Crippen LogP contribution in [-0.2, 0) is 13.0 Å². The maximum atomic E-state index is 14.5. The molecule has 1 amide bonds. The Morgan fingerprint density at radius 1 is 0.744 bits per heavy atom. The van der Waals surface area contributed by atoms with Crippen molar-refractivity contribution in [3.63, 3.8) is 0 Å². The zero-order chi connectivity index (χ0) is 29.4. The minimum absolute atomic E-state index is 0.0501.